The van der Waals surface area contributed by atoms with Crippen LogP contribution in [0.5, 0.6) is 0 Å². The van der Waals surface area contributed by atoms with Crippen LogP contribution >= 0.6 is 0 Å². The smallest absolute Gasteiger partial charge is 0.207 e. The van der Waals surface area contributed by atoms with E-state index in [1.807, 2.05) is 12.1 Å². The lowest BCUT2D eigenvalue weighted by Crippen LogP contribution is -2.33. The highest BCUT2D eigenvalue weighted by molar-refractivity contribution is 7.89. The third-order valence-corrected chi connectivity index (χ3v) is 5.62. The van der Waals surface area contributed by atoms with Crippen molar-refractivity contribution in [2.75, 3.05) is 0 Å². The Hall–Kier alpha value is -0.870. The summed E-state index contributed by atoms with van der Waals surface area (Å²) in [7, 11) is -3.20. The first-order chi connectivity index (χ1) is 7.69. The van der Waals surface area contributed by atoms with E-state index >= 15 is 0 Å². The van der Waals surface area contributed by atoms with Crippen LogP contribution in [-0.4, -0.2) is 18.8 Å². The van der Waals surface area contributed by atoms with Crippen LogP contribution in [0.2, 0.25) is 0 Å². The predicted octanol–water partition coefficient (Wildman–Crippen LogP) is 2.13. The Bertz CT molecular complexity index is 504. The molecule has 0 aromatic heterocycles. The lowest BCUT2D eigenvalue weighted by atomic mass is 10.2. The van der Waals surface area contributed by atoms with Gasteiger partial charge in [0, 0.05) is 12.6 Å². The second kappa shape index (κ2) is 3.57. The van der Waals surface area contributed by atoms with Gasteiger partial charge in [-0.25, -0.2) is 8.42 Å². The van der Waals surface area contributed by atoms with Gasteiger partial charge in [0.1, 0.15) is 0 Å². The minimum absolute atomic E-state index is 0.234. The number of benzene rings is 1. The van der Waals surface area contributed by atoms with Crippen molar-refractivity contribution in [1.29, 1.82) is 0 Å². The van der Waals surface area contributed by atoms with E-state index in [4.69, 9.17) is 0 Å². The van der Waals surface area contributed by atoms with E-state index in [1.54, 1.807) is 16.4 Å². The van der Waals surface area contributed by atoms with Crippen LogP contribution in [0.1, 0.15) is 31.2 Å². The van der Waals surface area contributed by atoms with Crippen LogP contribution in [0, 0.1) is 0 Å². The molecule has 3 nitrogen and oxygen atoms in total. The molecule has 0 amide bonds. The van der Waals surface area contributed by atoms with Crippen molar-refractivity contribution in [3.63, 3.8) is 0 Å². The van der Waals surface area contributed by atoms with E-state index in [0.29, 0.717) is 11.4 Å². The molecule has 3 rings (SSSR count). The van der Waals surface area contributed by atoms with Crippen LogP contribution in [0.15, 0.2) is 29.2 Å². The number of nitrogens with zero attached hydrogens (tertiary/aromatic N) is 1. The molecule has 16 heavy (non-hydrogen) atoms. The summed E-state index contributed by atoms with van der Waals surface area (Å²) in [6.45, 7) is 0.573. The maximum absolute atomic E-state index is 12.3. The molecule has 0 spiro atoms. The van der Waals surface area contributed by atoms with E-state index in [0.717, 1.165) is 31.2 Å². The van der Waals surface area contributed by atoms with Gasteiger partial charge in [-0.2, -0.15) is 4.31 Å². The molecule has 1 fully saturated rings. The van der Waals surface area contributed by atoms with Crippen LogP contribution in [0.4, 0.5) is 0 Å². The highest BCUT2D eigenvalue weighted by Gasteiger charge is 2.39. The maximum Gasteiger partial charge on any atom is 0.243 e. The van der Waals surface area contributed by atoms with Gasteiger partial charge in [0.2, 0.25) is 10.0 Å². The summed E-state index contributed by atoms with van der Waals surface area (Å²) in [6.07, 6.45) is 4.36. The largest absolute Gasteiger partial charge is 0.243 e. The van der Waals surface area contributed by atoms with Gasteiger partial charge in [-0.3, -0.25) is 0 Å². The molecule has 1 aromatic rings. The van der Waals surface area contributed by atoms with Crippen LogP contribution in [-0.2, 0) is 16.6 Å². The van der Waals surface area contributed by atoms with Gasteiger partial charge >= 0.3 is 0 Å². The maximum atomic E-state index is 12.3. The van der Waals surface area contributed by atoms with Gasteiger partial charge in [0.15, 0.2) is 0 Å². The number of hydrogen-bond donors (Lipinski definition) is 0. The fourth-order valence-corrected chi connectivity index (χ4v) is 4.66. The van der Waals surface area contributed by atoms with Crippen molar-refractivity contribution in [2.45, 2.75) is 43.2 Å². The molecule has 0 unspecified atom stereocenters. The minimum Gasteiger partial charge on any atom is -0.207 e. The standard InChI is InChI=1S/C12H15NO2S/c14-16(15)12-8-4-1-5-10(12)9-13(16)11-6-2-3-7-11/h1,4-5,8,11H,2-3,6-7,9H2. The number of rotatable bonds is 1. The van der Waals surface area contributed by atoms with Gasteiger partial charge in [0.25, 0.3) is 0 Å². The normalized spacial score (nSPS) is 24.8. The first-order valence-corrected chi connectivity index (χ1v) is 7.23. The van der Waals surface area contributed by atoms with Crippen molar-refractivity contribution in [3.05, 3.63) is 29.8 Å². The summed E-state index contributed by atoms with van der Waals surface area (Å²) in [5, 5.41) is 0. The summed E-state index contributed by atoms with van der Waals surface area (Å²) >= 11 is 0. The Kier molecular flexibility index (Phi) is 2.30. The molecule has 1 aromatic carbocycles. The van der Waals surface area contributed by atoms with Gasteiger partial charge in [-0.1, -0.05) is 31.0 Å². The monoisotopic (exact) mass is 237 g/mol. The van der Waals surface area contributed by atoms with Crippen LogP contribution in [0.25, 0.3) is 0 Å². The molecule has 0 saturated heterocycles. The average molecular weight is 237 g/mol. The zero-order valence-corrected chi connectivity index (χ0v) is 9.91. The number of hydrogen-bond acceptors (Lipinski definition) is 2. The lowest BCUT2D eigenvalue weighted by molar-refractivity contribution is 0.329. The quantitative estimate of drug-likeness (QED) is 0.750. The fraction of sp³-hybridized carbons (Fsp3) is 0.500. The summed E-state index contributed by atoms with van der Waals surface area (Å²) in [5.74, 6) is 0. The Labute approximate surface area is 96.1 Å². The highest BCUT2D eigenvalue weighted by Crippen LogP contribution is 2.36. The third kappa shape index (κ3) is 1.40. The molecule has 86 valence electrons. The summed E-state index contributed by atoms with van der Waals surface area (Å²) in [5.41, 5.74) is 0.953. The van der Waals surface area contributed by atoms with Crippen molar-refractivity contribution in [2.24, 2.45) is 0 Å². The Balaban J connectivity index is 2.02. The summed E-state index contributed by atoms with van der Waals surface area (Å²) < 4.78 is 26.3. The minimum atomic E-state index is -3.20. The lowest BCUT2D eigenvalue weighted by Gasteiger charge is -2.21. The first-order valence-electron chi connectivity index (χ1n) is 5.79. The average Bonchev–Trinajstić information content (AvgIpc) is 2.86. The second-order valence-electron chi connectivity index (χ2n) is 4.60. The SMILES string of the molecule is O=S1(=O)c2ccccc2CN1C1CCCC1. The zero-order valence-electron chi connectivity index (χ0n) is 9.09. The molecular formula is C12H15NO2S. The summed E-state index contributed by atoms with van der Waals surface area (Å²) in [4.78, 5) is 0.516. The third-order valence-electron chi connectivity index (χ3n) is 3.62. The molecule has 1 heterocycles. The molecule has 0 N–H and O–H groups in total. The van der Waals surface area contributed by atoms with E-state index in [2.05, 4.69) is 0 Å². The first kappa shape index (κ1) is 10.3. The molecule has 0 bridgehead atoms. The molecule has 1 aliphatic heterocycles. The fourth-order valence-electron chi connectivity index (χ4n) is 2.78. The topological polar surface area (TPSA) is 37.4 Å². The van der Waals surface area contributed by atoms with Crippen LogP contribution in [0.3, 0.4) is 0 Å². The Morgan fingerprint density at radius 1 is 1.12 bits per heavy atom. The molecule has 1 saturated carbocycles. The molecule has 1 aliphatic carbocycles. The molecule has 4 heteroatoms. The molecule has 0 radical (unpaired) electrons. The second-order valence-corrected chi connectivity index (χ2v) is 6.46. The van der Waals surface area contributed by atoms with Crippen molar-refractivity contribution in [3.8, 4) is 0 Å². The van der Waals surface area contributed by atoms with E-state index in [1.165, 1.54) is 0 Å². The van der Waals surface area contributed by atoms with Gasteiger partial charge in [-0.15, -0.1) is 0 Å². The highest BCUT2D eigenvalue weighted by atomic mass is 32.2. The Morgan fingerprint density at radius 2 is 1.81 bits per heavy atom. The van der Waals surface area contributed by atoms with Crippen LogP contribution < -0.4 is 0 Å². The molecule has 0 atom stereocenters. The van der Waals surface area contributed by atoms with Crippen molar-refractivity contribution in [1.82, 2.24) is 4.31 Å². The van der Waals surface area contributed by atoms with E-state index < -0.39 is 10.0 Å². The molecular weight excluding hydrogens is 222 g/mol. The van der Waals surface area contributed by atoms with Crippen molar-refractivity contribution < 1.29 is 8.42 Å². The zero-order chi connectivity index (χ0) is 11.2. The van der Waals surface area contributed by atoms with Gasteiger partial charge in [-0.05, 0) is 24.5 Å². The summed E-state index contributed by atoms with van der Waals surface area (Å²) in [6, 6.07) is 7.58. The number of fused-ring (bicyclic) bond motifs is 1. The predicted molar refractivity (Wildman–Crippen MR) is 61.4 cm³/mol. The van der Waals surface area contributed by atoms with E-state index in [9.17, 15) is 8.42 Å². The Morgan fingerprint density at radius 3 is 2.50 bits per heavy atom. The van der Waals surface area contributed by atoms with Gasteiger partial charge in [0.05, 0.1) is 4.90 Å². The number of sulfonamides is 1. The van der Waals surface area contributed by atoms with Crippen molar-refractivity contribution >= 4 is 10.0 Å². The molecule has 2 aliphatic rings. The van der Waals surface area contributed by atoms with Gasteiger partial charge < -0.3 is 0 Å². The van der Waals surface area contributed by atoms with E-state index in [-0.39, 0.29) is 6.04 Å².